The molecule has 35 heavy (non-hydrogen) atoms. The Morgan fingerprint density at radius 1 is 0.829 bits per heavy atom. The normalized spacial score (nSPS) is 11.7. The van der Waals surface area contributed by atoms with Crippen LogP contribution in [0.2, 0.25) is 0 Å². The number of aromatic nitrogens is 2. The number of nitrogens with one attached hydrogen (secondary N) is 2. The molecule has 0 aliphatic carbocycles. The number of hydrogen-bond donors (Lipinski definition) is 2. The summed E-state index contributed by atoms with van der Waals surface area (Å²) in [5.74, 6) is -2.50. The van der Waals surface area contributed by atoms with E-state index in [0.717, 1.165) is 17.8 Å². The second kappa shape index (κ2) is 10.3. The van der Waals surface area contributed by atoms with E-state index in [4.69, 9.17) is 0 Å². The topological polar surface area (TPSA) is 84.0 Å². The van der Waals surface area contributed by atoms with E-state index in [1.54, 1.807) is 0 Å². The quantitative estimate of drug-likeness (QED) is 0.326. The molecule has 2 amide bonds. The third-order valence-corrected chi connectivity index (χ3v) is 5.11. The van der Waals surface area contributed by atoms with Gasteiger partial charge in [0, 0.05) is 11.3 Å². The van der Waals surface area contributed by atoms with Gasteiger partial charge in [0.25, 0.3) is 5.91 Å². The van der Waals surface area contributed by atoms with Crippen molar-refractivity contribution in [1.29, 1.82) is 0 Å². The number of benzene rings is 2. The number of thioether (sulfide) groups is 1. The van der Waals surface area contributed by atoms with Gasteiger partial charge in [-0.3, -0.25) is 9.59 Å². The van der Waals surface area contributed by atoms with E-state index in [9.17, 15) is 40.3 Å². The van der Waals surface area contributed by atoms with Crippen molar-refractivity contribution in [2.45, 2.75) is 17.4 Å². The van der Waals surface area contributed by atoms with E-state index in [2.05, 4.69) is 15.5 Å². The van der Waals surface area contributed by atoms with E-state index in [0.29, 0.717) is 12.1 Å². The second-order valence-electron chi connectivity index (χ2n) is 6.85. The first-order valence-electron chi connectivity index (χ1n) is 9.44. The molecule has 0 saturated carbocycles. The molecule has 0 saturated heterocycles. The molecule has 3 rings (SSSR count). The highest BCUT2D eigenvalue weighted by atomic mass is 32.2. The Labute approximate surface area is 196 Å². The summed E-state index contributed by atoms with van der Waals surface area (Å²) in [6.07, 6.45) is -10.1. The molecule has 0 atom stereocenters. The Hall–Kier alpha value is -3.68. The first kappa shape index (κ1) is 25.9. The summed E-state index contributed by atoms with van der Waals surface area (Å²) in [6, 6.07) is 8.39. The Morgan fingerprint density at radius 3 is 2.03 bits per heavy atom. The summed E-state index contributed by atoms with van der Waals surface area (Å²) >= 11 is 0.801. The van der Waals surface area contributed by atoms with Crippen LogP contribution in [0, 0.1) is 5.82 Å². The van der Waals surface area contributed by atoms with Crippen molar-refractivity contribution in [1.82, 2.24) is 10.2 Å². The van der Waals surface area contributed by atoms with Crippen molar-refractivity contribution < 1.29 is 40.3 Å². The van der Waals surface area contributed by atoms with Gasteiger partial charge in [0.05, 0.1) is 16.9 Å². The van der Waals surface area contributed by atoms with Gasteiger partial charge in [0.2, 0.25) is 5.91 Å². The third kappa shape index (κ3) is 7.40. The van der Waals surface area contributed by atoms with Gasteiger partial charge in [-0.15, -0.1) is 10.2 Å². The molecule has 1 aromatic heterocycles. The van der Waals surface area contributed by atoms with Crippen molar-refractivity contribution in [2.75, 3.05) is 16.4 Å². The fraction of sp³-hybridized carbons (Fsp3) is 0.143. The van der Waals surface area contributed by atoms with Gasteiger partial charge in [0.15, 0.2) is 5.82 Å². The maximum atomic E-state index is 13.2. The first-order valence-corrected chi connectivity index (χ1v) is 10.4. The molecule has 0 aliphatic heterocycles. The van der Waals surface area contributed by atoms with Gasteiger partial charge in [0.1, 0.15) is 10.8 Å². The molecule has 6 nitrogen and oxygen atoms in total. The van der Waals surface area contributed by atoms with Gasteiger partial charge in [-0.25, -0.2) is 4.39 Å². The summed E-state index contributed by atoms with van der Waals surface area (Å²) in [6.45, 7) is 0. The summed E-state index contributed by atoms with van der Waals surface area (Å²) in [5.41, 5.74) is -3.74. The van der Waals surface area contributed by atoms with Crippen LogP contribution >= 0.6 is 11.8 Å². The third-order valence-electron chi connectivity index (χ3n) is 4.19. The van der Waals surface area contributed by atoms with Crippen LogP contribution in [0.5, 0.6) is 0 Å². The van der Waals surface area contributed by atoms with Gasteiger partial charge < -0.3 is 10.6 Å². The van der Waals surface area contributed by atoms with Crippen LogP contribution in [-0.2, 0) is 17.1 Å². The molecule has 0 spiro atoms. The van der Waals surface area contributed by atoms with Crippen LogP contribution in [0.4, 0.5) is 42.2 Å². The minimum atomic E-state index is -5.04. The monoisotopic (exact) mass is 518 g/mol. The molecule has 0 fully saturated rings. The van der Waals surface area contributed by atoms with E-state index >= 15 is 0 Å². The maximum absolute atomic E-state index is 13.2. The number of anilines is 2. The zero-order valence-electron chi connectivity index (χ0n) is 17.2. The number of rotatable bonds is 6. The highest BCUT2D eigenvalue weighted by molar-refractivity contribution is 7.99. The minimum Gasteiger partial charge on any atom is -0.325 e. The molecule has 0 aliphatic rings. The first-order chi connectivity index (χ1) is 16.3. The second-order valence-corrected chi connectivity index (χ2v) is 7.85. The molecule has 3 aromatic rings. The van der Waals surface area contributed by atoms with Crippen molar-refractivity contribution in [3.05, 3.63) is 77.1 Å². The Morgan fingerprint density at radius 2 is 1.49 bits per heavy atom. The number of alkyl halides is 6. The summed E-state index contributed by atoms with van der Waals surface area (Å²) < 4.78 is 90.8. The van der Waals surface area contributed by atoms with Gasteiger partial charge >= 0.3 is 12.4 Å². The van der Waals surface area contributed by atoms with Gasteiger partial charge in [-0.2, -0.15) is 26.3 Å². The van der Waals surface area contributed by atoms with Crippen molar-refractivity contribution in [3.63, 3.8) is 0 Å². The molecule has 2 N–H and O–H groups in total. The van der Waals surface area contributed by atoms with Crippen LogP contribution in [0.25, 0.3) is 0 Å². The molecule has 184 valence electrons. The number of hydrogen-bond acceptors (Lipinski definition) is 5. The lowest BCUT2D eigenvalue weighted by atomic mass is 10.1. The average molecular weight is 518 g/mol. The highest BCUT2D eigenvalue weighted by Gasteiger charge is 2.37. The number of nitrogens with zero attached hydrogens (tertiary/aromatic N) is 2. The van der Waals surface area contributed by atoms with Crippen molar-refractivity contribution >= 4 is 35.1 Å². The predicted octanol–water partition coefficient (Wildman–Crippen LogP) is 5.64. The van der Waals surface area contributed by atoms with E-state index < -0.39 is 52.6 Å². The fourth-order valence-corrected chi connectivity index (χ4v) is 3.26. The lowest BCUT2D eigenvalue weighted by Crippen LogP contribution is -2.17. The zero-order chi connectivity index (χ0) is 25.8. The lowest BCUT2D eigenvalue weighted by molar-refractivity contribution is -0.143. The van der Waals surface area contributed by atoms with E-state index in [-0.39, 0.29) is 22.5 Å². The molecule has 0 bridgehead atoms. The SMILES string of the molecule is O=C(CSc1ccc(NC(=O)c2cccc(F)c2)nn1)Nc1cc(C(F)(F)F)cc(C(F)(F)F)c1. The number of amides is 2. The summed E-state index contributed by atoms with van der Waals surface area (Å²) in [7, 11) is 0. The van der Waals surface area contributed by atoms with Crippen LogP contribution in [0.1, 0.15) is 21.5 Å². The van der Waals surface area contributed by atoms with Crippen LogP contribution in [0.15, 0.2) is 59.6 Å². The Kier molecular flexibility index (Phi) is 7.63. The zero-order valence-corrected chi connectivity index (χ0v) is 18.0. The molecule has 2 aromatic carbocycles. The van der Waals surface area contributed by atoms with Crippen LogP contribution < -0.4 is 10.6 Å². The Balaban J connectivity index is 1.60. The molecule has 0 unspecified atom stereocenters. The number of carbonyl (C=O) groups excluding carboxylic acids is 2. The molecule has 14 heteroatoms. The summed E-state index contributed by atoms with van der Waals surface area (Å²) in [5, 5.41) is 12.1. The smallest absolute Gasteiger partial charge is 0.325 e. The maximum Gasteiger partial charge on any atom is 0.416 e. The molecule has 0 radical (unpaired) electrons. The van der Waals surface area contributed by atoms with Crippen LogP contribution in [0.3, 0.4) is 0 Å². The van der Waals surface area contributed by atoms with Crippen LogP contribution in [-0.4, -0.2) is 27.8 Å². The minimum absolute atomic E-state index is 0.0247. The van der Waals surface area contributed by atoms with E-state index in [1.807, 2.05) is 5.32 Å². The summed E-state index contributed by atoms with van der Waals surface area (Å²) in [4.78, 5) is 24.1. The van der Waals surface area contributed by atoms with Gasteiger partial charge in [-0.1, -0.05) is 17.8 Å². The lowest BCUT2D eigenvalue weighted by Gasteiger charge is -2.14. The molecular formula is C21H13F7N4O2S. The number of carbonyl (C=O) groups is 2. The largest absolute Gasteiger partial charge is 0.416 e. The number of halogens is 7. The standard InChI is InChI=1S/C21H13F7N4O2S/c22-14-3-1-2-11(6-14)19(34)30-16-4-5-18(32-31-16)35-10-17(33)29-15-8-12(20(23,24)25)7-13(9-15)21(26,27)28/h1-9H,10H2,(H,29,33)(H,30,31,34). The Bertz CT molecular complexity index is 1200. The molecule has 1 heterocycles. The van der Waals surface area contributed by atoms with Gasteiger partial charge in [-0.05, 0) is 48.5 Å². The average Bonchev–Trinajstić information content (AvgIpc) is 2.77. The molecular weight excluding hydrogens is 505 g/mol. The van der Waals surface area contributed by atoms with Crippen molar-refractivity contribution in [2.24, 2.45) is 0 Å². The predicted molar refractivity (Wildman–Crippen MR) is 112 cm³/mol. The highest BCUT2D eigenvalue weighted by Crippen LogP contribution is 2.37. The van der Waals surface area contributed by atoms with Crippen molar-refractivity contribution in [3.8, 4) is 0 Å². The fourth-order valence-electron chi connectivity index (χ4n) is 2.65. The van der Waals surface area contributed by atoms with E-state index in [1.165, 1.54) is 30.3 Å².